The fourth-order valence-corrected chi connectivity index (χ4v) is 4.43. The number of fused-ring (bicyclic) bond motifs is 1. The first-order valence-electron chi connectivity index (χ1n) is 10.3. The molecule has 5 rings (SSSR count). The molecule has 2 aromatic carbocycles. The molecule has 7 heteroatoms. The van der Waals surface area contributed by atoms with Crippen molar-refractivity contribution in [3.8, 4) is 11.4 Å². The van der Waals surface area contributed by atoms with E-state index in [1.807, 2.05) is 12.1 Å². The SMILES string of the molecule is COc1ccc(-n2nccn2)c(N2CC[C@H](C)[C@H]2c2nc3cc(C)c(C)cc3[nH]2)c1. The van der Waals surface area contributed by atoms with E-state index in [2.05, 4.69) is 59.1 Å². The molecule has 0 unspecified atom stereocenters. The summed E-state index contributed by atoms with van der Waals surface area (Å²) in [6.07, 6.45) is 4.48. The minimum absolute atomic E-state index is 0.138. The van der Waals surface area contributed by atoms with E-state index in [9.17, 15) is 0 Å². The third kappa shape index (κ3) is 3.01. The molecule has 0 radical (unpaired) electrons. The Balaban J connectivity index is 1.63. The Bertz CT molecular complexity index is 1160. The van der Waals surface area contributed by atoms with Crippen molar-refractivity contribution in [2.45, 2.75) is 33.2 Å². The van der Waals surface area contributed by atoms with Crippen LogP contribution in [0.4, 0.5) is 5.69 Å². The summed E-state index contributed by atoms with van der Waals surface area (Å²) in [6.45, 7) is 7.50. The maximum atomic E-state index is 5.53. The number of methoxy groups -OCH3 is 1. The van der Waals surface area contributed by atoms with Crippen LogP contribution in [0.25, 0.3) is 16.7 Å². The fourth-order valence-electron chi connectivity index (χ4n) is 4.43. The van der Waals surface area contributed by atoms with Gasteiger partial charge in [-0.1, -0.05) is 6.92 Å². The van der Waals surface area contributed by atoms with Gasteiger partial charge in [0, 0.05) is 12.6 Å². The van der Waals surface area contributed by atoms with Crippen molar-refractivity contribution in [3.05, 3.63) is 59.7 Å². The van der Waals surface area contributed by atoms with Gasteiger partial charge < -0.3 is 14.6 Å². The van der Waals surface area contributed by atoms with Gasteiger partial charge in [-0.25, -0.2) is 4.98 Å². The zero-order valence-corrected chi connectivity index (χ0v) is 17.8. The van der Waals surface area contributed by atoms with E-state index in [0.717, 1.165) is 46.9 Å². The first-order chi connectivity index (χ1) is 14.5. The molecule has 1 aliphatic heterocycles. The van der Waals surface area contributed by atoms with Crippen LogP contribution in [0.2, 0.25) is 0 Å². The molecule has 1 saturated heterocycles. The smallest absolute Gasteiger partial charge is 0.130 e. The molecule has 30 heavy (non-hydrogen) atoms. The molecule has 2 aromatic heterocycles. The third-order valence-electron chi connectivity index (χ3n) is 6.22. The van der Waals surface area contributed by atoms with Crippen molar-refractivity contribution < 1.29 is 4.74 Å². The molecule has 1 aliphatic rings. The van der Waals surface area contributed by atoms with Crippen molar-refractivity contribution in [1.82, 2.24) is 25.0 Å². The highest BCUT2D eigenvalue weighted by Crippen LogP contribution is 2.42. The van der Waals surface area contributed by atoms with Crippen LogP contribution in [-0.2, 0) is 0 Å². The lowest BCUT2D eigenvalue weighted by atomic mass is 10.0. The molecule has 154 valence electrons. The van der Waals surface area contributed by atoms with Crippen LogP contribution < -0.4 is 9.64 Å². The van der Waals surface area contributed by atoms with Crippen LogP contribution in [0.5, 0.6) is 5.75 Å². The molecular weight excluding hydrogens is 376 g/mol. The second-order valence-corrected chi connectivity index (χ2v) is 8.15. The molecule has 7 nitrogen and oxygen atoms in total. The van der Waals surface area contributed by atoms with Gasteiger partial charge >= 0.3 is 0 Å². The Labute approximate surface area is 175 Å². The van der Waals surface area contributed by atoms with Gasteiger partial charge in [-0.3, -0.25) is 0 Å². The van der Waals surface area contributed by atoms with Gasteiger partial charge in [-0.05, 0) is 61.6 Å². The molecular formula is C23H26N6O. The topological polar surface area (TPSA) is 71.9 Å². The predicted octanol–water partition coefficient (Wildman–Crippen LogP) is 4.36. The van der Waals surface area contributed by atoms with Crippen LogP contribution in [-0.4, -0.2) is 38.6 Å². The minimum atomic E-state index is 0.138. The van der Waals surface area contributed by atoms with E-state index in [0.29, 0.717) is 5.92 Å². The summed E-state index contributed by atoms with van der Waals surface area (Å²) in [6, 6.07) is 10.5. The van der Waals surface area contributed by atoms with Crippen molar-refractivity contribution in [3.63, 3.8) is 0 Å². The van der Waals surface area contributed by atoms with Crippen molar-refractivity contribution in [2.24, 2.45) is 5.92 Å². The first kappa shape index (κ1) is 18.7. The number of H-pyrrole nitrogens is 1. The average Bonchev–Trinajstić information content (AvgIpc) is 3.47. The number of aromatic nitrogens is 5. The molecule has 0 spiro atoms. The van der Waals surface area contributed by atoms with Gasteiger partial charge in [0.1, 0.15) is 17.3 Å². The van der Waals surface area contributed by atoms with Crippen LogP contribution in [0.3, 0.4) is 0 Å². The van der Waals surface area contributed by atoms with Crippen LogP contribution in [0, 0.1) is 19.8 Å². The Kier molecular flexibility index (Phi) is 4.46. The third-order valence-corrected chi connectivity index (χ3v) is 6.22. The van der Waals surface area contributed by atoms with Gasteiger partial charge in [0.25, 0.3) is 0 Å². The second kappa shape index (κ2) is 7.16. The summed E-state index contributed by atoms with van der Waals surface area (Å²) < 4.78 is 5.53. The van der Waals surface area contributed by atoms with Crippen LogP contribution >= 0.6 is 0 Å². The lowest BCUT2D eigenvalue weighted by molar-refractivity contribution is 0.414. The Hall–Kier alpha value is -3.35. The highest BCUT2D eigenvalue weighted by molar-refractivity contribution is 5.77. The maximum absolute atomic E-state index is 5.53. The van der Waals surface area contributed by atoms with Gasteiger partial charge in [0.05, 0.1) is 42.3 Å². The van der Waals surface area contributed by atoms with Gasteiger partial charge in [-0.15, -0.1) is 4.80 Å². The molecule has 4 aromatic rings. The number of ether oxygens (including phenoxy) is 1. The predicted molar refractivity (Wildman–Crippen MR) is 117 cm³/mol. The van der Waals surface area contributed by atoms with E-state index < -0.39 is 0 Å². The van der Waals surface area contributed by atoms with E-state index in [1.165, 1.54) is 11.1 Å². The van der Waals surface area contributed by atoms with Gasteiger partial charge in [0.2, 0.25) is 0 Å². The lowest BCUT2D eigenvalue weighted by Gasteiger charge is -2.29. The number of aryl methyl sites for hydroxylation is 2. The largest absolute Gasteiger partial charge is 0.497 e. The normalized spacial score (nSPS) is 19.0. The first-order valence-corrected chi connectivity index (χ1v) is 10.3. The lowest BCUT2D eigenvalue weighted by Crippen LogP contribution is -2.27. The summed E-state index contributed by atoms with van der Waals surface area (Å²) in [5.74, 6) is 2.27. The second-order valence-electron chi connectivity index (χ2n) is 8.15. The van der Waals surface area contributed by atoms with Crippen molar-refractivity contribution in [2.75, 3.05) is 18.6 Å². The molecule has 3 heterocycles. The van der Waals surface area contributed by atoms with E-state index >= 15 is 0 Å². The number of hydrogen-bond acceptors (Lipinski definition) is 5. The number of anilines is 1. The van der Waals surface area contributed by atoms with E-state index in [1.54, 1.807) is 24.3 Å². The highest BCUT2D eigenvalue weighted by atomic mass is 16.5. The number of hydrogen-bond donors (Lipinski definition) is 1. The minimum Gasteiger partial charge on any atom is -0.497 e. The highest BCUT2D eigenvalue weighted by Gasteiger charge is 2.36. The molecule has 0 saturated carbocycles. The Morgan fingerprint density at radius 1 is 1.03 bits per heavy atom. The zero-order valence-electron chi connectivity index (χ0n) is 17.8. The van der Waals surface area contributed by atoms with Gasteiger partial charge in [-0.2, -0.15) is 10.2 Å². The molecule has 2 atom stereocenters. The average molecular weight is 403 g/mol. The number of rotatable bonds is 4. The molecule has 0 amide bonds. The Morgan fingerprint density at radius 2 is 1.80 bits per heavy atom. The molecule has 0 bridgehead atoms. The number of nitrogens with zero attached hydrogens (tertiary/aromatic N) is 5. The Morgan fingerprint density at radius 3 is 2.57 bits per heavy atom. The summed E-state index contributed by atoms with van der Waals surface area (Å²) >= 11 is 0. The van der Waals surface area contributed by atoms with Crippen molar-refractivity contribution >= 4 is 16.7 Å². The van der Waals surface area contributed by atoms with Crippen LogP contribution in [0.1, 0.15) is 36.3 Å². The summed E-state index contributed by atoms with van der Waals surface area (Å²) in [7, 11) is 1.69. The van der Waals surface area contributed by atoms with Crippen LogP contribution in [0.15, 0.2) is 42.7 Å². The monoisotopic (exact) mass is 402 g/mol. The quantitative estimate of drug-likeness (QED) is 0.549. The van der Waals surface area contributed by atoms with Crippen molar-refractivity contribution in [1.29, 1.82) is 0 Å². The van der Waals surface area contributed by atoms with E-state index in [-0.39, 0.29) is 6.04 Å². The number of nitrogens with one attached hydrogen (secondary N) is 1. The van der Waals surface area contributed by atoms with Gasteiger partial charge in [0.15, 0.2) is 0 Å². The fraction of sp³-hybridized carbons (Fsp3) is 0.348. The summed E-state index contributed by atoms with van der Waals surface area (Å²) in [5.41, 5.74) is 6.62. The molecule has 1 fully saturated rings. The number of imidazole rings is 1. The molecule has 0 aliphatic carbocycles. The van der Waals surface area contributed by atoms with E-state index in [4.69, 9.17) is 9.72 Å². The summed E-state index contributed by atoms with van der Waals surface area (Å²) in [4.78, 5) is 12.7. The molecule has 1 N–H and O–H groups in total. The standard InChI is InChI=1S/C23H26N6O/c1-14-7-10-28(21-13-17(30-4)5-6-20(21)29-24-8-9-25-29)22(14)23-26-18-11-15(2)16(3)12-19(18)27-23/h5-6,8-9,11-14,22H,7,10H2,1-4H3,(H,26,27)/t14-,22-/m0/s1. The zero-order chi connectivity index (χ0) is 20.8. The maximum Gasteiger partial charge on any atom is 0.130 e. The number of benzene rings is 2. The summed E-state index contributed by atoms with van der Waals surface area (Å²) in [5, 5.41) is 8.72. The number of aromatic amines is 1.